The third-order valence-corrected chi connectivity index (χ3v) is 2.97. The van der Waals surface area contributed by atoms with Crippen LogP contribution in [-0.2, 0) is 6.61 Å². The summed E-state index contributed by atoms with van der Waals surface area (Å²) in [6.45, 7) is 0.461. The number of carbonyl (C=O) groups is 1. The van der Waals surface area contributed by atoms with Gasteiger partial charge in [0.1, 0.15) is 12.4 Å². The molecule has 0 aliphatic heterocycles. The molecule has 1 aromatic carbocycles. The van der Waals surface area contributed by atoms with Crippen LogP contribution in [0, 0.1) is 0 Å². The third kappa shape index (κ3) is 3.14. The predicted octanol–water partition coefficient (Wildman–Crippen LogP) is 3.24. The van der Waals surface area contributed by atoms with Crippen molar-refractivity contribution in [3.05, 3.63) is 58.3 Å². The van der Waals surface area contributed by atoms with Crippen LogP contribution in [0.1, 0.15) is 15.9 Å². The summed E-state index contributed by atoms with van der Waals surface area (Å²) >= 11 is 3.29. The normalized spacial score (nSPS) is 9.94. The summed E-state index contributed by atoms with van der Waals surface area (Å²) in [4.78, 5) is 14.7. The number of pyridine rings is 1. The molecule has 17 heavy (non-hydrogen) atoms. The number of nitrogens with zero attached hydrogens (tertiary/aromatic N) is 1. The SMILES string of the molecule is O=Cc1cc(OCc2ccncc2)ccc1Br. The quantitative estimate of drug-likeness (QED) is 0.812. The van der Waals surface area contributed by atoms with E-state index < -0.39 is 0 Å². The number of hydrogen-bond acceptors (Lipinski definition) is 3. The summed E-state index contributed by atoms with van der Waals surface area (Å²) < 4.78 is 6.35. The van der Waals surface area contributed by atoms with Crippen LogP contribution in [0.15, 0.2) is 47.2 Å². The second kappa shape index (κ2) is 5.59. The maximum Gasteiger partial charge on any atom is 0.151 e. The number of benzene rings is 1. The fraction of sp³-hybridized carbons (Fsp3) is 0.0769. The highest BCUT2D eigenvalue weighted by atomic mass is 79.9. The minimum atomic E-state index is 0.461. The van der Waals surface area contributed by atoms with E-state index in [9.17, 15) is 4.79 Å². The van der Waals surface area contributed by atoms with E-state index in [-0.39, 0.29) is 0 Å². The lowest BCUT2D eigenvalue weighted by molar-refractivity contribution is 0.112. The van der Waals surface area contributed by atoms with Crippen LogP contribution < -0.4 is 4.74 Å². The molecule has 0 saturated carbocycles. The molecule has 0 aliphatic rings. The summed E-state index contributed by atoms with van der Waals surface area (Å²) in [6, 6.07) is 9.10. The molecule has 0 amide bonds. The fourth-order valence-electron chi connectivity index (χ4n) is 1.35. The highest BCUT2D eigenvalue weighted by molar-refractivity contribution is 9.10. The van der Waals surface area contributed by atoms with Gasteiger partial charge >= 0.3 is 0 Å². The molecule has 0 unspecified atom stereocenters. The number of carbonyl (C=O) groups excluding carboxylic acids is 1. The first-order valence-electron chi connectivity index (χ1n) is 5.06. The van der Waals surface area contributed by atoms with Crippen LogP contribution in [0.3, 0.4) is 0 Å². The predicted molar refractivity (Wildman–Crippen MR) is 68.1 cm³/mol. The molecule has 3 nitrogen and oxygen atoms in total. The molecule has 2 rings (SSSR count). The maximum absolute atomic E-state index is 10.8. The van der Waals surface area contributed by atoms with Gasteiger partial charge < -0.3 is 4.74 Å². The molecule has 0 radical (unpaired) electrons. The lowest BCUT2D eigenvalue weighted by Gasteiger charge is -2.07. The Morgan fingerprint density at radius 1 is 1.24 bits per heavy atom. The molecule has 0 N–H and O–H groups in total. The average Bonchev–Trinajstić information content (AvgIpc) is 2.39. The fourth-order valence-corrected chi connectivity index (χ4v) is 1.69. The minimum absolute atomic E-state index is 0.461. The van der Waals surface area contributed by atoms with Gasteiger partial charge in [-0.05, 0) is 35.9 Å². The largest absolute Gasteiger partial charge is 0.489 e. The second-order valence-corrected chi connectivity index (χ2v) is 4.30. The van der Waals surface area contributed by atoms with Crippen molar-refractivity contribution in [1.82, 2.24) is 4.98 Å². The van der Waals surface area contributed by atoms with Crippen molar-refractivity contribution < 1.29 is 9.53 Å². The van der Waals surface area contributed by atoms with Crippen LogP contribution in [0.4, 0.5) is 0 Å². The van der Waals surface area contributed by atoms with E-state index in [1.165, 1.54) is 0 Å². The molecule has 0 saturated heterocycles. The molecule has 86 valence electrons. The Hall–Kier alpha value is -1.68. The van der Waals surface area contributed by atoms with Crippen molar-refractivity contribution >= 4 is 22.2 Å². The van der Waals surface area contributed by atoms with Crippen molar-refractivity contribution in [1.29, 1.82) is 0 Å². The summed E-state index contributed by atoms with van der Waals surface area (Å²) in [5.41, 5.74) is 1.62. The van der Waals surface area contributed by atoms with Gasteiger partial charge in [0.25, 0.3) is 0 Å². The van der Waals surface area contributed by atoms with Gasteiger partial charge in [-0.3, -0.25) is 9.78 Å². The van der Waals surface area contributed by atoms with E-state index in [2.05, 4.69) is 20.9 Å². The number of hydrogen-bond donors (Lipinski definition) is 0. The summed E-state index contributed by atoms with van der Waals surface area (Å²) in [5.74, 6) is 0.673. The zero-order valence-electron chi connectivity index (χ0n) is 8.97. The van der Waals surface area contributed by atoms with Crippen LogP contribution in [0.5, 0.6) is 5.75 Å². The lowest BCUT2D eigenvalue weighted by atomic mass is 10.2. The molecule has 0 atom stereocenters. The van der Waals surface area contributed by atoms with Gasteiger partial charge in [0.15, 0.2) is 6.29 Å². The lowest BCUT2D eigenvalue weighted by Crippen LogP contribution is -1.96. The zero-order valence-corrected chi connectivity index (χ0v) is 10.6. The van der Waals surface area contributed by atoms with Crippen LogP contribution in [-0.4, -0.2) is 11.3 Å². The number of ether oxygens (including phenoxy) is 1. The molecule has 1 aromatic heterocycles. The van der Waals surface area contributed by atoms with Gasteiger partial charge in [0, 0.05) is 22.4 Å². The highest BCUT2D eigenvalue weighted by Gasteiger charge is 2.01. The smallest absolute Gasteiger partial charge is 0.151 e. The molecular formula is C13H10BrNO2. The first-order valence-corrected chi connectivity index (χ1v) is 5.85. The zero-order chi connectivity index (χ0) is 12.1. The van der Waals surface area contributed by atoms with Gasteiger partial charge in [-0.2, -0.15) is 0 Å². The van der Waals surface area contributed by atoms with Gasteiger partial charge in [-0.15, -0.1) is 0 Å². The Balaban J connectivity index is 2.07. The van der Waals surface area contributed by atoms with Crippen LogP contribution >= 0.6 is 15.9 Å². The molecule has 0 spiro atoms. The molecular weight excluding hydrogens is 282 g/mol. The van der Waals surface area contributed by atoms with E-state index in [1.807, 2.05) is 18.2 Å². The summed E-state index contributed by atoms with van der Waals surface area (Å²) in [5, 5.41) is 0. The summed E-state index contributed by atoms with van der Waals surface area (Å²) in [6.07, 6.45) is 4.23. The van der Waals surface area contributed by atoms with E-state index in [0.29, 0.717) is 17.9 Å². The highest BCUT2D eigenvalue weighted by Crippen LogP contribution is 2.21. The second-order valence-electron chi connectivity index (χ2n) is 3.45. The topological polar surface area (TPSA) is 39.2 Å². The third-order valence-electron chi connectivity index (χ3n) is 2.25. The Bertz CT molecular complexity index is 514. The van der Waals surface area contributed by atoms with E-state index in [1.54, 1.807) is 24.5 Å². The van der Waals surface area contributed by atoms with Crippen molar-refractivity contribution in [2.75, 3.05) is 0 Å². The van der Waals surface area contributed by atoms with Crippen molar-refractivity contribution in [2.24, 2.45) is 0 Å². The molecule has 1 heterocycles. The summed E-state index contributed by atoms with van der Waals surface area (Å²) in [7, 11) is 0. The first kappa shape index (κ1) is 11.8. The Kier molecular flexibility index (Phi) is 3.88. The number of aromatic nitrogens is 1. The van der Waals surface area contributed by atoms with Crippen LogP contribution in [0.25, 0.3) is 0 Å². The Labute approximate surface area is 108 Å². The monoisotopic (exact) mass is 291 g/mol. The van der Waals surface area contributed by atoms with Gasteiger partial charge in [0.05, 0.1) is 0 Å². The van der Waals surface area contributed by atoms with E-state index in [4.69, 9.17) is 4.74 Å². The van der Waals surface area contributed by atoms with E-state index >= 15 is 0 Å². The van der Waals surface area contributed by atoms with Crippen molar-refractivity contribution in [3.63, 3.8) is 0 Å². The molecule has 0 bridgehead atoms. The maximum atomic E-state index is 10.8. The number of halogens is 1. The van der Waals surface area contributed by atoms with Gasteiger partial charge in [0.2, 0.25) is 0 Å². The Morgan fingerprint density at radius 3 is 2.71 bits per heavy atom. The number of rotatable bonds is 4. The minimum Gasteiger partial charge on any atom is -0.489 e. The standard InChI is InChI=1S/C13H10BrNO2/c14-13-2-1-12(7-11(13)8-16)17-9-10-3-5-15-6-4-10/h1-8H,9H2. The molecule has 0 fully saturated rings. The Morgan fingerprint density at radius 2 is 2.00 bits per heavy atom. The van der Waals surface area contributed by atoms with Gasteiger partial charge in [-0.25, -0.2) is 0 Å². The van der Waals surface area contributed by atoms with E-state index in [0.717, 1.165) is 16.3 Å². The average molecular weight is 292 g/mol. The van der Waals surface area contributed by atoms with Crippen LogP contribution in [0.2, 0.25) is 0 Å². The molecule has 2 aromatic rings. The van der Waals surface area contributed by atoms with Crippen molar-refractivity contribution in [3.8, 4) is 5.75 Å². The first-order chi connectivity index (χ1) is 8.29. The number of aldehydes is 1. The molecule has 4 heteroatoms. The van der Waals surface area contributed by atoms with Crippen molar-refractivity contribution in [2.45, 2.75) is 6.61 Å². The van der Waals surface area contributed by atoms with Gasteiger partial charge in [-0.1, -0.05) is 15.9 Å². The molecule has 0 aliphatic carbocycles.